The molecule has 0 aromatic carbocycles. The molecule has 0 rings (SSSR count). The van der Waals surface area contributed by atoms with Crippen LogP contribution in [0.5, 0.6) is 0 Å². The summed E-state index contributed by atoms with van der Waals surface area (Å²) in [5, 5.41) is 0. The minimum atomic E-state index is -0.389. The normalized spacial score (nSPS) is 10.1. The predicted molar refractivity (Wildman–Crippen MR) is 86.1 cm³/mol. The third-order valence-electron chi connectivity index (χ3n) is 3.08. The van der Waals surface area contributed by atoms with Crippen LogP contribution in [0, 0.1) is 0 Å². The highest BCUT2D eigenvalue weighted by molar-refractivity contribution is 5.82. The van der Waals surface area contributed by atoms with E-state index in [9.17, 15) is 9.59 Å². The van der Waals surface area contributed by atoms with Gasteiger partial charge in [-0.15, -0.1) is 0 Å². The highest BCUT2D eigenvalue weighted by Gasteiger charge is 2.17. The van der Waals surface area contributed by atoms with Gasteiger partial charge in [0.1, 0.15) is 6.54 Å². The molecule has 0 bridgehead atoms. The number of nitrogens with zero attached hydrogens (tertiary/aromatic N) is 1. The van der Waals surface area contributed by atoms with Crippen LogP contribution in [0.1, 0.15) is 46.0 Å². The first-order chi connectivity index (χ1) is 10.5. The van der Waals surface area contributed by atoms with Gasteiger partial charge in [-0.2, -0.15) is 0 Å². The predicted octanol–water partition coefficient (Wildman–Crippen LogP) is 1.84. The molecular formula is C16H30N2O4. The van der Waals surface area contributed by atoms with E-state index >= 15 is 0 Å². The summed E-state index contributed by atoms with van der Waals surface area (Å²) in [6, 6.07) is 0. The van der Waals surface area contributed by atoms with E-state index in [2.05, 4.69) is 6.58 Å². The lowest BCUT2D eigenvalue weighted by Gasteiger charge is -2.22. The first kappa shape index (κ1) is 20.4. The Morgan fingerprint density at radius 1 is 1.05 bits per heavy atom. The van der Waals surface area contributed by atoms with Gasteiger partial charge in [-0.05, 0) is 33.2 Å². The van der Waals surface area contributed by atoms with Crippen LogP contribution >= 0.6 is 0 Å². The Morgan fingerprint density at radius 3 is 2.32 bits per heavy atom. The molecule has 0 unspecified atom stereocenters. The Balaban J connectivity index is 4.39. The number of rotatable bonds is 13. The number of hydrogen-bond acceptors (Lipinski definition) is 5. The Morgan fingerprint density at radius 2 is 1.73 bits per heavy atom. The fraction of sp³-hybridized carbons (Fsp3) is 0.750. The van der Waals surface area contributed by atoms with Crippen molar-refractivity contribution in [1.29, 1.82) is 0 Å². The summed E-state index contributed by atoms with van der Waals surface area (Å²) < 4.78 is 10.2. The third-order valence-corrected chi connectivity index (χ3v) is 3.08. The van der Waals surface area contributed by atoms with Crippen LogP contribution < -0.4 is 5.73 Å². The molecule has 0 aliphatic heterocycles. The van der Waals surface area contributed by atoms with Gasteiger partial charge in [0.25, 0.3) is 0 Å². The number of nitrogens with two attached hydrogens (primary N) is 1. The largest absolute Gasteiger partial charge is 0.499 e. The van der Waals surface area contributed by atoms with Crippen LogP contribution in [0.15, 0.2) is 12.3 Å². The standard InChI is InChI=1S/C16H30N2O4/c1-4-21-14(3)10-12-18(13-16(20)22-5-2)15(19)9-7-6-8-11-17/h3-13,17H2,1-2H3. The Kier molecular flexibility index (Phi) is 12.2. The molecule has 0 aliphatic carbocycles. The van der Waals surface area contributed by atoms with Crippen molar-refractivity contribution in [2.75, 3.05) is 32.8 Å². The molecule has 6 nitrogen and oxygen atoms in total. The van der Waals surface area contributed by atoms with E-state index in [0.717, 1.165) is 19.3 Å². The van der Waals surface area contributed by atoms with Crippen molar-refractivity contribution < 1.29 is 19.1 Å². The lowest BCUT2D eigenvalue weighted by atomic mass is 10.1. The SMILES string of the molecule is C=C(CCN(CC(=O)OCC)C(=O)CCCCCN)OCC. The molecule has 128 valence electrons. The summed E-state index contributed by atoms with van der Waals surface area (Å²) >= 11 is 0. The minimum Gasteiger partial charge on any atom is -0.499 e. The highest BCUT2D eigenvalue weighted by Crippen LogP contribution is 2.07. The molecule has 22 heavy (non-hydrogen) atoms. The van der Waals surface area contributed by atoms with Crippen molar-refractivity contribution in [3.63, 3.8) is 0 Å². The zero-order chi connectivity index (χ0) is 16.8. The molecule has 0 aliphatic rings. The second-order valence-electron chi connectivity index (χ2n) is 4.94. The van der Waals surface area contributed by atoms with E-state index in [1.165, 1.54) is 4.90 Å². The Hall–Kier alpha value is -1.56. The maximum absolute atomic E-state index is 12.2. The third kappa shape index (κ3) is 10.2. The van der Waals surface area contributed by atoms with E-state index in [-0.39, 0.29) is 18.4 Å². The first-order valence-corrected chi connectivity index (χ1v) is 7.99. The van der Waals surface area contributed by atoms with Crippen molar-refractivity contribution in [1.82, 2.24) is 4.90 Å². The van der Waals surface area contributed by atoms with E-state index in [1.807, 2.05) is 6.92 Å². The van der Waals surface area contributed by atoms with Crippen LogP contribution in [-0.2, 0) is 19.1 Å². The van der Waals surface area contributed by atoms with Gasteiger partial charge in [-0.3, -0.25) is 9.59 Å². The van der Waals surface area contributed by atoms with Gasteiger partial charge in [-0.1, -0.05) is 13.0 Å². The van der Waals surface area contributed by atoms with Crippen LogP contribution in [0.25, 0.3) is 0 Å². The molecule has 0 fully saturated rings. The van der Waals surface area contributed by atoms with Gasteiger partial charge in [-0.25, -0.2) is 0 Å². The fourth-order valence-corrected chi connectivity index (χ4v) is 1.95. The number of hydrogen-bond donors (Lipinski definition) is 1. The summed E-state index contributed by atoms with van der Waals surface area (Å²) in [6.45, 7) is 9.28. The summed E-state index contributed by atoms with van der Waals surface area (Å²) in [6.07, 6.45) is 3.54. The topological polar surface area (TPSA) is 81.9 Å². The van der Waals surface area contributed by atoms with Crippen LogP contribution in [0.4, 0.5) is 0 Å². The minimum absolute atomic E-state index is 0.0248. The molecule has 2 N–H and O–H groups in total. The number of unbranched alkanes of at least 4 members (excludes halogenated alkanes) is 2. The second kappa shape index (κ2) is 13.1. The molecule has 0 spiro atoms. The molecule has 0 radical (unpaired) electrons. The molecule has 0 atom stereocenters. The van der Waals surface area contributed by atoms with Crippen LogP contribution in [-0.4, -0.2) is 49.6 Å². The van der Waals surface area contributed by atoms with E-state index in [1.54, 1.807) is 6.92 Å². The average molecular weight is 314 g/mol. The zero-order valence-corrected chi connectivity index (χ0v) is 13.9. The number of carbonyl (C=O) groups is 2. The summed E-state index contributed by atoms with van der Waals surface area (Å²) in [5.41, 5.74) is 5.43. The van der Waals surface area contributed by atoms with Crippen molar-refractivity contribution in [3.8, 4) is 0 Å². The van der Waals surface area contributed by atoms with Crippen molar-refractivity contribution in [2.45, 2.75) is 46.0 Å². The number of carbonyl (C=O) groups excluding carboxylic acids is 2. The van der Waals surface area contributed by atoms with Crippen molar-refractivity contribution >= 4 is 11.9 Å². The monoisotopic (exact) mass is 314 g/mol. The molecule has 6 heteroatoms. The van der Waals surface area contributed by atoms with Crippen LogP contribution in [0.3, 0.4) is 0 Å². The van der Waals surface area contributed by atoms with Gasteiger partial charge < -0.3 is 20.1 Å². The highest BCUT2D eigenvalue weighted by atomic mass is 16.5. The molecule has 0 saturated heterocycles. The van der Waals surface area contributed by atoms with Gasteiger partial charge in [0, 0.05) is 19.4 Å². The molecule has 0 saturated carbocycles. The van der Waals surface area contributed by atoms with Gasteiger partial charge in [0.05, 0.1) is 19.0 Å². The number of esters is 1. The molecule has 0 aromatic heterocycles. The van der Waals surface area contributed by atoms with E-state index in [0.29, 0.717) is 44.9 Å². The molecule has 0 heterocycles. The quantitative estimate of drug-likeness (QED) is 0.319. The molecular weight excluding hydrogens is 284 g/mol. The second-order valence-corrected chi connectivity index (χ2v) is 4.94. The lowest BCUT2D eigenvalue weighted by molar-refractivity contribution is -0.149. The Bertz CT molecular complexity index is 345. The first-order valence-electron chi connectivity index (χ1n) is 7.99. The number of amides is 1. The molecule has 1 amide bonds. The van der Waals surface area contributed by atoms with E-state index < -0.39 is 0 Å². The van der Waals surface area contributed by atoms with Crippen molar-refractivity contribution in [2.24, 2.45) is 5.73 Å². The maximum Gasteiger partial charge on any atom is 0.325 e. The average Bonchev–Trinajstić information content (AvgIpc) is 2.48. The smallest absolute Gasteiger partial charge is 0.325 e. The van der Waals surface area contributed by atoms with Gasteiger partial charge >= 0.3 is 5.97 Å². The van der Waals surface area contributed by atoms with Gasteiger partial charge in [0.2, 0.25) is 5.91 Å². The summed E-state index contributed by atoms with van der Waals surface area (Å²) in [7, 11) is 0. The van der Waals surface area contributed by atoms with Gasteiger partial charge in [0.15, 0.2) is 0 Å². The van der Waals surface area contributed by atoms with Crippen LogP contribution in [0.2, 0.25) is 0 Å². The lowest BCUT2D eigenvalue weighted by Crippen LogP contribution is -2.37. The zero-order valence-electron chi connectivity index (χ0n) is 13.9. The maximum atomic E-state index is 12.2. The molecule has 0 aromatic rings. The Labute approximate surface area is 133 Å². The van der Waals surface area contributed by atoms with E-state index in [4.69, 9.17) is 15.2 Å². The summed E-state index contributed by atoms with van der Waals surface area (Å²) in [5.74, 6) is 0.182. The fourth-order valence-electron chi connectivity index (χ4n) is 1.95. The van der Waals surface area contributed by atoms with Crippen molar-refractivity contribution in [3.05, 3.63) is 12.3 Å². The number of ether oxygens (including phenoxy) is 2. The summed E-state index contributed by atoms with van der Waals surface area (Å²) in [4.78, 5) is 25.4.